The highest BCUT2D eigenvalue weighted by atomic mass is 16.7. The molecule has 0 aromatic heterocycles. The summed E-state index contributed by atoms with van der Waals surface area (Å²) in [7, 11) is 3.49. The van der Waals surface area contributed by atoms with E-state index in [1.165, 1.54) is 0 Å². The number of aliphatic hydroxyl groups is 2. The van der Waals surface area contributed by atoms with E-state index in [0.29, 0.717) is 24.9 Å². The van der Waals surface area contributed by atoms with E-state index < -0.39 is 17.8 Å². The van der Waals surface area contributed by atoms with Gasteiger partial charge in [-0.2, -0.15) is 0 Å². The molecule has 0 aromatic carbocycles. The van der Waals surface area contributed by atoms with Crippen LogP contribution in [-0.4, -0.2) is 67.3 Å². The van der Waals surface area contributed by atoms with Crippen molar-refractivity contribution in [2.24, 2.45) is 34.5 Å². The monoisotopic (exact) mass is 396 g/mol. The molecule has 12 atom stereocenters. The average Bonchev–Trinajstić information content (AvgIpc) is 2.93. The van der Waals surface area contributed by atoms with Crippen molar-refractivity contribution in [3.8, 4) is 0 Å². The van der Waals surface area contributed by atoms with Crippen molar-refractivity contribution in [1.29, 1.82) is 0 Å². The maximum atomic E-state index is 11.5. The van der Waals surface area contributed by atoms with Crippen LogP contribution >= 0.6 is 0 Å². The lowest BCUT2D eigenvalue weighted by molar-refractivity contribution is -0.340. The Labute approximate surface area is 167 Å². The summed E-state index contributed by atoms with van der Waals surface area (Å²) < 4.78 is 24.5. The summed E-state index contributed by atoms with van der Waals surface area (Å²) in [6.07, 6.45) is 1.75. The zero-order valence-corrected chi connectivity index (χ0v) is 17.8. The van der Waals surface area contributed by atoms with Gasteiger partial charge in [0.05, 0.1) is 30.5 Å². The predicted molar refractivity (Wildman–Crippen MR) is 101 cm³/mol. The van der Waals surface area contributed by atoms with Crippen LogP contribution in [-0.2, 0) is 18.9 Å². The van der Waals surface area contributed by atoms with Crippen LogP contribution in [0.1, 0.15) is 46.5 Å². The Morgan fingerprint density at radius 2 is 1.79 bits per heavy atom. The summed E-state index contributed by atoms with van der Waals surface area (Å²) in [4.78, 5) is 0. The van der Waals surface area contributed by atoms with E-state index >= 15 is 0 Å². The van der Waals surface area contributed by atoms with Gasteiger partial charge in [-0.05, 0) is 38.0 Å². The minimum Gasteiger partial charge on any atom is -0.390 e. The maximum Gasteiger partial charge on any atom is 0.157 e. The zero-order valence-electron chi connectivity index (χ0n) is 17.8. The summed E-state index contributed by atoms with van der Waals surface area (Å²) in [5.74, 6) is 0.873. The Bertz CT molecular complexity index is 643. The van der Waals surface area contributed by atoms with E-state index in [1.807, 2.05) is 6.92 Å². The molecule has 0 unspecified atom stereocenters. The van der Waals surface area contributed by atoms with Gasteiger partial charge in [0.2, 0.25) is 0 Å². The lowest BCUT2D eigenvalue weighted by Gasteiger charge is -2.70. The summed E-state index contributed by atoms with van der Waals surface area (Å²) in [5.41, 5.74) is -1.29. The van der Waals surface area contributed by atoms with Crippen LogP contribution in [0.3, 0.4) is 0 Å². The molecule has 5 fully saturated rings. The van der Waals surface area contributed by atoms with Crippen molar-refractivity contribution in [3.05, 3.63) is 0 Å². The molecule has 160 valence electrons. The topological polar surface area (TPSA) is 77.4 Å². The Kier molecular flexibility index (Phi) is 4.32. The first-order chi connectivity index (χ1) is 13.2. The van der Waals surface area contributed by atoms with Crippen molar-refractivity contribution in [1.82, 2.24) is 0 Å². The van der Waals surface area contributed by atoms with Crippen LogP contribution in [0.15, 0.2) is 0 Å². The molecule has 0 amide bonds. The number of ether oxygens (including phenoxy) is 4. The highest BCUT2D eigenvalue weighted by Gasteiger charge is 2.79. The van der Waals surface area contributed by atoms with Crippen LogP contribution in [0, 0.1) is 34.5 Å². The molecule has 3 aliphatic carbocycles. The number of methoxy groups -OCH3 is 2. The number of rotatable bonds is 2. The van der Waals surface area contributed by atoms with Crippen molar-refractivity contribution < 1.29 is 29.2 Å². The largest absolute Gasteiger partial charge is 0.390 e. The molecule has 28 heavy (non-hydrogen) atoms. The summed E-state index contributed by atoms with van der Waals surface area (Å²) in [6, 6.07) is 0. The summed E-state index contributed by atoms with van der Waals surface area (Å²) >= 11 is 0. The quantitative estimate of drug-likeness (QED) is 0.743. The molecule has 2 heterocycles. The maximum absolute atomic E-state index is 11.5. The van der Waals surface area contributed by atoms with E-state index in [-0.39, 0.29) is 41.2 Å². The molecule has 2 N–H and O–H groups in total. The van der Waals surface area contributed by atoms with Gasteiger partial charge in [-0.3, -0.25) is 0 Å². The molecule has 6 nitrogen and oxygen atoms in total. The van der Waals surface area contributed by atoms with Crippen molar-refractivity contribution in [2.75, 3.05) is 20.8 Å². The number of hydrogen-bond acceptors (Lipinski definition) is 6. The molecule has 3 saturated carbocycles. The molecule has 0 aromatic rings. The predicted octanol–water partition coefficient (Wildman–Crippen LogP) is 1.96. The highest BCUT2D eigenvalue weighted by molar-refractivity contribution is 5.26. The smallest absolute Gasteiger partial charge is 0.157 e. The van der Waals surface area contributed by atoms with E-state index in [0.717, 1.165) is 19.3 Å². The molecule has 2 aliphatic heterocycles. The minimum absolute atomic E-state index is 0.0266. The van der Waals surface area contributed by atoms with Gasteiger partial charge in [0.1, 0.15) is 6.10 Å². The van der Waals surface area contributed by atoms with Crippen LogP contribution in [0.5, 0.6) is 0 Å². The Balaban J connectivity index is 1.70. The Hall–Kier alpha value is -0.240. The number of fused-ring (bicyclic) bond motifs is 2. The fourth-order valence-corrected chi connectivity index (χ4v) is 8.65. The van der Waals surface area contributed by atoms with Crippen LogP contribution in [0.2, 0.25) is 0 Å². The molecule has 1 spiro atoms. The standard InChI is InChI=1S/C22H36O6/c1-11-6-7-14(25-4)20(2)12(11)8-15-22-10-27-21(3,19(24)17(23)18(20)22)13(22)9-16(26-5)28-15/h11-19,23-24H,6-10H2,1-5H3/t11-,12+,13+,14-,15-,16+,17-,18-,19+,20-,21+,22-/m1/s1. The van der Waals surface area contributed by atoms with Gasteiger partial charge in [-0.1, -0.05) is 13.8 Å². The van der Waals surface area contributed by atoms with Gasteiger partial charge in [-0.25, -0.2) is 0 Å². The second kappa shape index (κ2) is 6.14. The van der Waals surface area contributed by atoms with Crippen molar-refractivity contribution in [2.45, 2.75) is 82.8 Å². The first kappa shape index (κ1) is 19.7. The van der Waals surface area contributed by atoms with Crippen LogP contribution in [0.25, 0.3) is 0 Å². The molecule has 5 aliphatic rings. The normalized spacial score (nSPS) is 62.9. The molecule has 6 heteroatoms. The molecule has 2 saturated heterocycles. The van der Waals surface area contributed by atoms with Crippen molar-refractivity contribution >= 4 is 0 Å². The summed E-state index contributed by atoms with van der Waals surface area (Å²) in [6.45, 7) is 7.12. The number of aliphatic hydroxyl groups excluding tert-OH is 2. The Morgan fingerprint density at radius 3 is 2.46 bits per heavy atom. The molecular formula is C22H36O6. The van der Waals surface area contributed by atoms with Gasteiger partial charge < -0.3 is 29.2 Å². The van der Waals surface area contributed by atoms with E-state index in [9.17, 15) is 10.2 Å². The van der Waals surface area contributed by atoms with Gasteiger partial charge in [0.15, 0.2) is 6.29 Å². The second-order valence-corrected chi connectivity index (χ2v) is 10.6. The van der Waals surface area contributed by atoms with Gasteiger partial charge in [0, 0.05) is 43.3 Å². The minimum atomic E-state index is -0.917. The highest BCUT2D eigenvalue weighted by Crippen LogP contribution is 2.73. The average molecular weight is 397 g/mol. The Morgan fingerprint density at radius 1 is 1.04 bits per heavy atom. The third kappa shape index (κ3) is 2.05. The fourth-order valence-electron chi connectivity index (χ4n) is 8.65. The second-order valence-electron chi connectivity index (χ2n) is 10.6. The molecule has 2 bridgehead atoms. The van der Waals surface area contributed by atoms with Crippen molar-refractivity contribution in [3.63, 3.8) is 0 Å². The van der Waals surface area contributed by atoms with Crippen LogP contribution in [0.4, 0.5) is 0 Å². The molecule has 5 rings (SSSR count). The third-order valence-electron chi connectivity index (χ3n) is 9.90. The summed E-state index contributed by atoms with van der Waals surface area (Å²) in [5, 5.41) is 22.8. The lowest BCUT2D eigenvalue weighted by Crippen LogP contribution is -2.76. The van der Waals surface area contributed by atoms with E-state index in [4.69, 9.17) is 18.9 Å². The SMILES string of the molecule is CO[C@@H]1C[C@H]2[C@]3(C)OC[C@@]24[C@H]([C@@H](O)[C@@H]3O)[C@@]2(C)[C@H](OC)CC[C@@H](C)[C@@H]2C[C@H]4O1. The third-order valence-corrected chi connectivity index (χ3v) is 9.90. The fraction of sp³-hybridized carbons (Fsp3) is 1.00. The van der Waals surface area contributed by atoms with E-state index in [1.54, 1.807) is 14.2 Å². The van der Waals surface area contributed by atoms with Crippen LogP contribution < -0.4 is 0 Å². The molecular weight excluding hydrogens is 360 g/mol. The first-order valence-corrected chi connectivity index (χ1v) is 11.0. The van der Waals surface area contributed by atoms with E-state index in [2.05, 4.69) is 13.8 Å². The first-order valence-electron chi connectivity index (χ1n) is 11.0. The van der Waals surface area contributed by atoms with Gasteiger partial charge in [0.25, 0.3) is 0 Å². The van der Waals surface area contributed by atoms with Gasteiger partial charge in [-0.15, -0.1) is 0 Å². The lowest BCUT2D eigenvalue weighted by atomic mass is 9.37. The molecule has 0 radical (unpaired) electrons. The zero-order chi connectivity index (χ0) is 20.1. The van der Waals surface area contributed by atoms with Gasteiger partial charge >= 0.3 is 0 Å². The number of hydrogen-bond donors (Lipinski definition) is 2.